The van der Waals surface area contributed by atoms with Gasteiger partial charge < -0.3 is 31.1 Å². The van der Waals surface area contributed by atoms with Crippen molar-refractivity contribution in [3.8, 4) is 5.95 Å². The molecular weight excluding hydrogens is 468 g/mol. The molecule has 0 spiro atoms. The van der Waals surface area contributed by atoms with E-state index in [0.29, 0.717) is 29.9 Å². The Bertz CT molecular complexity index is 1360. The van der Waals surface area contributed by atoms with Crippen molar-refractivity contribution in [1.82, 2.24) is 29.3 Å². The van der Waals surface area contributed by atoms with Crippen molar-refractivity contribution < 1.29 is 24.9 Å². The lowest BCUT2D eigenvalue weighted by Gasteiger charge is -2.17. The highest BCUT2D eigenvalue weighted by Gasteiger charge is 2.44. The number of aliphatic hydroxyl groups is 3. The summed E-state index contributed by atoms with van der Waals surface area (Å²) in [6.07, 6.45) is 0.837. The molecule has 0 radical (unpaired) electrons. The molecule has 4 aromatic rings. The fourth-order valence-electron chi connectivity index (χ4n) is 4.07. The summed E-state index contributed by atoms with van der Waals surface area (Å²) >= 11 is 0. The van der Waals surface area contributed by atoms with Crippen LogP contribution in [0.25, 0.3) is 17.1 Å². The van der Waals surface area contributed by atoms with Crippen LogP contribution in [0.1, 0.15) is 23.8 Å². The lowest BCUT2D eigenvalue weighted by molar-refractivity contribution is -0.117. The van der Waals surface area contributed by atoms with Gasteiger partial charge in [-0.25, -0.2) is 9.67 Å². The first-order valence-corrected chi connectivity index (χ1v) is 11.4. The Morgan fingerprint density at radius 2 is 1.94 bits per heavy atom. The summed E-state index contributed by atoms with van der Waals surface area (Å²) in [4.78, 5) is 24.8. The Hall–Kier alpha value is -3.91. The molecule has 1 aliphatic rings. The Morgan fingerprint density at radius 1 is 1.14 bits per heavy atom. The van der Waals surface area contributed by atoms with E-state index in [1.807, 2.05) is 30.3 Å². The van der Waals surface area contributed by atoms with Gasteiger partial charge in [-0.3, -0.25) is 9.36 Å². The number of nitrogens with two attached hydrogens (primary N) is 1. The first-order valence-electron chi connectivity index (χ1n) is 11.4. The number of hydrogen-bond acceptors (Lipinski definition) is 10. The zero-order valence-corrected chi connectivity index (χ0v) is 19.2. The number of aromatic nitrogens is 6. The molecule has 1 aromatic carbocycles. The van der Waals surface area contributed by atoms with Crippen molar-refractivity contribution in [2.45, 2.75) is 43.9 Å². The molecule has 0 aliphatic carbocycles. The summed E-state index contributed by atoms with van der Waals surface area (Å²) in [6, 6.07) is 9.75. The first-order chi connectivity index (χ1) is 17.4. The van der Waals surface area contributed by atoms with Crippen molar-refractivity contribution in [1.29, 1.82) is 0 Å². The van der Waals surface area contributed by atoms with E-state index in [-0.39, 0.29) is 12.4 Å². The molecule has 13 nitrogen and oxygen atoms in total. The van der Waals surface area contributed by atoms with Gasteiger partial charge in [-0.2, -0.15) is 15.1 Å². The van der Waals surface area contributed by atoms with Gasteiger partial charge >= 0.3 is 0 Å². The smallest absolute Gasteiger partial charge is 0.254 e. The Morgan fingerprint density at radius 3 is 2.67 bits per heavy atom. The van der Waals surface area contributed by atoms with Crippen LogP contribution in [0.5, 0.6) is 0 Å². The minimum absolute atomic E-state index is 0.188. The van der Waals surface area contributed by atoms with Gasteiger partial charge in [-0.15, -0.1) is 0 Å². The number of benzene rings is 1. The van der Waals surface area contributed by atoms with E-state index in [1.54, 1.807) is 12.4 Å². The van der Waals surface area contributed by atoms with Gasteiger partial charge in [0.05, 0.1) is 19.1 Å². The quantitative estimate of drug-likeness (QED) is 0.206. The van der Waals surface area contributed by atoms with Crippen molar-refractivity contribution in [3.63, 3.8) is 0 Å². The lowest BCUT2D eigenvalue weighted by atomic mass is 10.1. The standard InChI is InChI=1S/C23H26N8O5/c24-16(33)7-6-14-9-27-31(10-14)23-28-20(25-8-13-4-2-1-3-5-13)17-21(29-23)30(12-26-17)22-19(35)18(34)15(11-32)36-22/h1-5,9-10,12,15,18-19,22,32,34-35H,6-8,11H2,(H2,24,33)(H,25,28,29). The highest BCUT2D eigenvalue weighted by Crippen LogP contribution is 2.32. The molecule has 4 atom stereocenters. The predicted octanol–water partition coefficient (Wildman–Crippen LogP) is -0.347. The number of hydrogen-bond donors (Lipinski definition) is 5. The molecule has 188 valence electrons. The van der Waals surface area contributed by atoms with Gasteiger partial charge in [0.1, 0.15) is 18.3 Å². The number of primary amides is 1. The number of anilines is 1. The van der Waals surface area contributed by atoms with Crippen LogP contribution >= 0.6 is 0 Å². The van der Waals surface area contributed by atoms with Gasteiger partial charge in [-0.05, 0) is 17.5 Å². The topological polar surface area (TPSA) is 186 Å². The summed E-state index contributed by atoms with van der Waals surface area (Å²) < 4.78 is 8.65. The Kier molecular flexibility index (Phi) is 6.61. The number of nitrogens with one attached hydrogen (secondary N) is 1. The molecule has 13 heteroatoms. The van der Waals surface area contributed by atoms with Crippen LogP contribution in [0.4, 0.5) is 5.82 Å². The minimum Gasteiger partial charge on any atom is -0.394 e. The van der Waals surface area contributed by atoms with Crippen LogP contribution in [0, 0.1) is 0 Å². The molecule has 5 rings (SSSR count). The average molecular weight is 495 g/mol. The second-order valence-corrected chi connectivity index (χ2v) is 8.52. The summed E-state index contributed by atoms with van der Waals surface area (Å²) in [6.45, 7) is 0.0168. The lowest BCUT2D eigenvalue weighted by Crippen LogP contribution is -2.33. The van der Waals surface area contributed by atoms with E-state index in [4.69, 9.17) is 10.5 Å². The number of imidazole rings is 1. The van der Waals surface area contributed by atoms with Gasteiger partial charge in [-0.1, -0.05) is 30.3 Å². The first kappa shape index (κ1) is 23.8. The van der Waals surface area contributed by atoms with E-state index < -0.39 is 37.1 Å². The third kappa shape index (κ3) is 4.64. The number of carbonyl (C=O) groups is 1. The SMILES string of the molecule is NC(=O)CCc1cnn(-c2nc(NCc3ccccc3)c3ncn(C4OC(CO)C(O)C4O)c3n2)c1. The number of aryl methyl sites for hydroxylation is 1. The van der Waals surface area contributed by atoms with E-state index in [1.165, 1.54) is 15.6 Å². The molecule has 4 unspecified atom stereocenters. The molecule has 1 fully saturated rings. The number of ether oxygens (including phenoxy) is 1. The second-order valence-electron chi connectivity index (χ2n) is 8.52. The van der Waals surface area contributed by atoms with Gasteiger partial charge in [0.2, 0.25) is 5.91 Å². The number of rotatable bonds is 9. The molecule has 36 heavy (non-hydrogen) atoms. The fourth-order valence-corrected chi connectivity index (χ4v) is 4.07. The zero-order chi connectivity index (χ0) is 25.2. The summed E-state index contributed by atoms with van der Waals surface area (Å²) in [7, 11) is 0. The number of aliphatic hydroxyl groups excluding tert-OH is 3. The molecule has 6 N–H and O–H groups in total. The maximum Gasteiger partial charge on any atom is 0.254 e. The van der Waals surface area contributed by atoms with E-state index >= 15 is 0 Å². The fraction of sp³-hybridized carbons (Fsp3) is 0.348. The molecule has 0 bridgehead atoms. The largest absolute Gasteiger partial charge is 0.394 e. The molecular formula is C23H26N8O5. The number of nitrogens with zero attached hydrogens (tertiary/aromatic N) is 6. The Labute approximate surface area is 205 Å². The van der Waals surface area contributed by atoms with E-state index in [9.17, 15) is 20.1 Å². The van der Waals surface area contributed by atoms with Gasteiger partial charge in [0.15, 0.2) is 23.2 Å². The maximum absolute atomic E-state index is 11.1. The van der Waals surface area contributed by atoms with Crippen LogP contribution in [0.3, 0.4) is 0 Å². The van der Waals surface area contributed by atoms with Crippen molar-refractivity contribution in [3.05, 3.63) is 60.2 Å². The predicted molar refractivity (Wildman–Crippen MR) is 127 cm³/mol. The van der Waals surface area contributed by atoms with Crippen molar-refractivity contribution >= 4 is 22.9 Å². The molecule has 1 saturated heterocycles. The molecule has 1 aliphatic heterocycles. The number of fused-ring (bicyclic) bond motifs is 1. The van der Waals surface area contributed by atoms with Crippen LogP contribution in [0.15, 0.2) is 49.1 Å². The highest BCUT2D eigenvalue weighted by atomic mass is 16.6. The third-order valence-electron chi connectivity index (χ3n) is 6.00. The third-order valence-corrected chi connectivity index (χ3v) is 6.00. The van der Waals surface area contributed by atoms with Crippen LogP contribution in [-0.4, -0.2) is 75.4 Å². The average Bonchev–Trinajstić information content (AvgIpc) is 3.60. The monoisotopic (exact) mass is 494 g/mol. The van der Waals surface area contributed by atoms with Crippen LogP contribution < -0.4 is 11.1 Å². The Balaban J connectivity index is 1.54. The van der Waals surface area contributed by atoms with Crippen LogP contribution in [-0.2, 0) is 22.5 Å². The van der Waals surface area contributed by atoms with E-state index in [0.717, 1.165) is 11.1 Å². The zero-order valence-electron chi connectivity index (χ0n) is 19.2. The maximum atomic E-state index is 11.1. The minimum atomic E-state index is -1.30. The van der Waals surface area contributed by atoms with E-state index in [2.05, 4.69) is 25.4 Å². The normalized spacial score (nSPS) is 21.8. The molecule has 3 aromatic heterocycles. The number of amides is 1. The summed E-state index contributed by atoms with van der Waals surface area (Å²) in [5.41, 5.74) is 7.82. The van der Waals surface area contributed by atoms with Crippen molar-refractivity contribution in [2.24, 2.45) is 5.73 Å². The summed E-state index contributed by atoms with van der Waals surface area (Å²) in [5.74, 6) is 0.241. The molecule has 0 saturated carbocycles. The number of carbonyl (C=O) groups excluding carboxylic acids is 1. The highest BCUT2D eigenvalue weighted by molar-refractivity contribution is 5.83. The summed E-state index contributed by atoms with van der Waals surface area (Å²) in [5, 5.41) is 37.9. The molecule has 1 amide bonds. The van der Waals surface area contributed by atoms with Crippen LogP contribution in [0.2, 0.25) is 0 Å². The van der Waals surface area contributed by atoms with Gasteiger partial charge in [0.25, 0.3) is 5.95 Å². The van der Waals surface area contributed by atoms with Gasteiger partial charge in [0, 0.05) is 19.2 Å². The molecule has 4 heterocycles. The van der Waals surface area contributed by atoms with Crippen molar-refractivity contribution in [2.75, 3.05) is 11.9 Å². The second kappa shape index (κ2) is 9.99.